The van der Waals surface area contributed by atoms with Crippen LogP contribution in [0.1, 0.15) is 17.4 Å². The van der Waals surface area contributed by atoms with Gasteiger partial charge in [0.1, 0.15) is 6.10 Å². The van der Waals surface area contributed by atoms with Crippen molar-refractivity contribution in [1.82, 2.24) is 9.78 Å². The summed E-state index contributed by atoms with van der Waals surface area (Å²) < 4.78 is 7.29. The second-order valence-corrected chi connectivity index (χ2v) is 3.06. The highest BCUT2D eigenvalue weighted by Gasteiger charge is 2.22. The van der Waals surface area contributed by atoms with Crippen LogP contribution in [0.2, 0.25) is 0 Å². The molecule has 1 aromatic heterocycles. The zero-order valence-electron chi connectivity index (χ0n) is 7.16. The van der Waals surface area contributed by atoms with Crippen molar-refractivity contribution in [3.05, 3.63) is 17.5 Å². The third-order valence-electron chi connectivity index (χ3n) is 2.15. The molecule has 0 fully saturated rings. The van der Waals surface area contributed by atoms with Crippen LogP contribution in [-0.2, 0) is 18.2 Å². The lowest BCUT2D eigenvalue weighted by Crippen LogP contribution is -2.22. The first-order valence-electron chi connectivity index (χ1n) is 4.15. The second-order valence-electron chi connectivity index (χ2n) is 3.06. The molecule has 2 heterocycles. The summed E-state index contributed by atoms with van der Waals surface area (Å²) in [4.78, 5) is 0. The number of hydrogen-bond donors (Lipinski definition) is 1. The molecule has 2 N–H and O–H groups in total. The summed E-state index contributed by atoms with van der Waals surface area (Å²) in [6.45, 7) is 1.28. The lowest BCUT2D eigenvalue weighted by Gasteiger charge is -2.19. The number of fused-ring (bicyclic) bond motifs is 1. The maximum atomic E-state index is 5.55. The fourth-order valence-corrected chi connectivity index (χ4v) is 1.59. The molecule has 4 heteroatoms. The van der Waals surface area contributed by atoms with Gasteiger partial charge < -0.3 is 10.5 Å². The molecule has 12 heavy (non-hydrogen) atoms. The number of rotatable bonds is 1. The van der Waals surface area contributed by atoms with E-state index in [9.17, 15) is 0 Å². The van der Waals surface area contributed by atoms with Crippen LogP contribution in [0.4, 0.5) is 0 Å². The number of ether oxygens (including phenoxy) is 1. The van der Waals surface area contributed by atoms with Crippen molar-refractivity contribution in [2.24, 2.45) is 12.8 Å². The molecule has 0 radical (unpaired) electrons. The summed E-state index contributed by atoms with van der Waals surface area (Å²) in [5.41, 5.74) is 7.85. The van der Waals surface area contributed by atoms with Crippen LogP contribution in [-0.4, -0.2) is 22.9 Å². The van der Waals surface area contributed by atoms with Crippen molar-refractivity contribution in [2.45, 2.75) is 12.5 Å². The molecule has 1 aromatic rings. The second kappa shape index (κ2) is 2.88. The summed E-state index contributed by atoms with van der Waals surface area (Å²) in [5.74, 6) is 0. The zero-order valence-corrected chi connectivity index (χ0v) is 7.16. The Hall–Kier alpha value is -0.870. The lowest BCUT2D eigenvalue weighted by atomic mass is 10.1. The minimum Gasteiger partial charge on any atom is -0.370 e. The van der Waals surface area contributed by atoms with Gasteiger partial charge in [-0.1, -0.05) is 0 Å². The Kier molecular flexibility index (Phi) is 1.86. The highest BCUT2D eigenvalue weighted by atomic mass is 16.5. The molecule has 0 saturated carbocycles. The van der Waals surface area contributed by atoms with E-state index < -0.39 is 0 Å². The minimum absolute atomic E-state index is 0.00921. The molecule has 66 valence electrons. The number of aryl methyl sites for hydroxylation is 1. The monoisotopic (exact) mass is 167 g/mol. The summed E-state index contributed by atoms with van der Waals surface area (Å²) >= 11 is 0. The normalized spacial score (nSPS) is 22.3. The van der Waals surface area contributed by atoms with E-state index >= 15 is 0 Å². The van der Waals surface area contributed by atoms with Crippen LogP contribution >= 0.6 is 0 Å². The molecule has 1 unspecified atom stereocenters. The van der Waals surface area contributed by atoms with Gasteiger partial charge in [-0.3, -0.25) is 4.68 Å². The van der Waals surface area contributed by atoms with Gasteiger partial charge in [0.05, 0.1) is 12.3 Å². The quantitative estimate of drug-likeness (QED) is 0.640. The summed E-state index contributed by atoms with van der Waals surface area (Å²) in [7, 11) is 1.92. The standard InChI is InChI=1S/C8H13N3O/c1-11-5-6-2-3-12-7(4-9)8(6)10-11/h5,7H,2-4,9H2,1H3. The van der Waals surface area contributed by atoms with Gasteiger partial charge >= 0.3 is 0 Å². The Labute approximate surface area is 71.3 Å². The van der Waals surface area contributed by atoms with Crippen molar-refractivity contribution >= 4 is 0 Å². The first-order chi connectivity index (χ1) is 5.81. The van der Waals surface area contributed by atoms with E-state index in [2.05, 4.69) is 5.10 Å². The van der Waals surface area contributed by atoms with Crippen molar-refractivity contribution in [3.63, 3.8) is 0 Å². The molecular weight excluding hydrogens is 154 g/mol. The molecule has 0 spiro atoms. The average molecular weight is 167 g/mol. The van der Waals surface area contributed by atoms with E-state index in [1.54, 1.807) is 0 Å². The third kappa shape index (κ3) is 1.13. The van der Waals surface area contributed by atoms with E-state index in [0.717, 1.165) is 18.7 Å². The Morgan fingerprint density at radius 2 is 2.67 bits per heavy atom. The van der Waals surface area contributed by atoms with Gasteiger partial charge in [0, 0.05) is 19.8 Å². The Morgan fingerprint density at radius 1 is 1.83 bits per heavy atom. The largest absolute Gasteiger partial charge is 0.370 e. The average Bonchev–Trinajstić information content (AvgIpc) is 2.44. The molecule has 1 aliphatic heterocycles. The highest BCUT2D eigenvalue weighted by Crippen LogP contribution is 2.23. The van der Waals surface area contributed by atoms with Crippen LogP contribution in [0, 0.1) is 0 Å². The third-order valence-corrected chi connectivity index (χ3v) is 2.15. The maximum Gasteiger partial charge on any atom is 0.114 e. The molecule has 0 bridgehead atoms. The highest BCUT2D eigenvalue weighted by molar-refractivity contribution is 5.21. The summed E-state index contributed by atoms with van der Waals surface area (Å²) in [5, 5.41) is 4.32. The number of nitrogens with two attached hydrogens (primary N) is 1. The molecule has 1 atom stereocenters. The fraction of sp³-hybridized carbons (Fsp3) is 0.625. The van der Waals surface area contributed by atoms with Gasteiger partial charge in [-0.05, 0) is 12.0 Å². The minimum atomic E-state index is 0.00921. The van der Waals surface area contributed by atoms with Gasteiger partial charge in [-0.2, -0.15) is 5.10 Å². The smallest absolute Gasteiger partial charge is 0.114 e. The molecule has 0 aromatic carbocycles. The zero-order chi connectivity index (χ0) is 8.55. The first-order valence-corrected chi connectivity index (χ1v) is 4.15. The topological polar surface area (TPSA) is 53.1 Å². The van der Waals surface area contributed by atoms with Crippen molar-refractivity contribution in [1.29, 1.82) is 0 Å². The molecule has 0 saturated heterocycles. The van der Waals surface area contributed by atoms with Crippen LogP contribution in [0.5, 0.6) is 0 Å². The predicted octanol–water partition coefficient (Wildman–Crippen LogP) is -0.00740. The number of nitrogens with zero attached hydrogens (tertiary/aromatic N) is 2. The summed E-state index contributed by atoms with van der Waals surface area (Å²) in [6.07, 6.45) is 3.01. The van der Waals surface area contributed by atoms with Gasteiger partial charge in [0.15, 0.2) is 0 Å². The van der Waals surface area contributed by atoms with Crippen LogP contribution in [0.15, 0.2) is 6.20 Å². The molecule has 4 nitrogen and oxygen atoms in total. The molecule has 0 amide bonds. The Morgan fingerprint density at radius 3 is 3.42 bits per heavy atom. The predicted molar refractivity (Wildman–Crippen MR) is 44.7 cm³/mol. The fourth-order valence-electron chi connectivity index (χ4n) is 1.59. The van der Waals surface area contributed by atoms with Crippen LogP contribution < -0.4 is 5.73 Å². The van der Waals surface area contributed by atoms with Crippen molar-refractivity contribution < 1.29 is 4.74 Å². The van der Waals surface area contributed by atoms with Gasteiger partial charge in [0.25, 0.3) is 0 Å². The summed E-state index contributed by atoms with van der Waals surface area (Å²) in [6, 6.07) is 0. The van der Waals surface area contributed by atoms with Gasteiger partial charge in [-0.15, -0.1) is 0 Å². The van der Waals surface area contributed by atoms with E-state index in [-0.39, 0.29) is 6.10 Å². The number of hydrogen-bond acceptors (Lipinski definition) is 3. The van der Waals surface area contributed by atoms with Crippen molar-refractivity contribution in [2.75, 3.05) is 13.2 Å². The van der Waals surface area contributed by atoms with Crippen LogP contribution in [0.25, 0.3) is 0 Å². The SMILES string of the molecule is Cn1cc2c(n1)C(CN)OCC2. The molecular formula is C8H13N3O. The number of aromatic nitrogens is 2. The lowest BCUT2D eigenvalue weighted by molar-refractivity contribution is 0.0455. The molecule has 2 rings (SSSR count). The van der Waals surface area contributed by atoms with Crippen LogP contribution in [0.3, 0.4) is 0 Å². The van der Waals surface area contributed by atoms with E-state index in [0.29, 0.717) is 6.54 Å². The van der Waals surface area contributed by atoms with E-state index in [1.165, 1.54) is 5.56 Å². The van der Waals surface area contributed by atoms with E-state index in [1.807, 2.05) is 17.9 Å². The molecule has 0 aliphatic carbocycles. The molecule has 1 aliphatic rings. The first kappa shape index (κ1) is 7.76. The Balaban J connectivity index is 2.36. The Bertz CT molecular complexity index is 282. The van der Waals surface area contributed by atoms with Crippen molar-refractivity contribution in [3.8, 4) is 0 Å². The van der Waals surface area contributed by atoms with Gasteiger partial charge in [-0.25, -0.2) is 0 Å². The van der Waals surface area contributed by atoms with E-state index in [4.69, 9.17) is 10.5 Å². The maximum absolute atomic E-state index is 5.55. The van der Waals surface area contributed by atoms with Gasteiger partial charge in [0.2, 0.25) is 0 Å².